The van der Waals surface area contributed by atoms with E-state index in [9.17, 15) is 9.90 Å². The quantitative estimate of drug-likeness (QED) is 0.852. The first kappa shape index (κ1) is 18.5. The first-order valence-corrected chi connectivity index (χ1v) is 7.83. The van der Waals surface area contributed by atoms with Crippen molar-refractivity contribution in [2.24, 2.45) is 4.99 Å². The first-order chi connectivity index (χ1) is 10.4. The molecule has 1 aliphatic rings. The summed E-state index contributed by atoms with van der Waals surface area (Å²) in [6, 6.07) is 3.20. The van der Waals surface area contributed by atoms with Crippen LogP contribution in [0, 0.1) is 13.8 Å². The molecule has 119 valence electrons. The summed E-state index contributed by atoms with van der Waals surface area (Å²) in [6.07, 6.45) is 0.191. The molecule has 2 rings (SSSR count). The van der Waals surface area contributed by atoms with E-state index < -0.39 is 6.04 Å². The van der Waals surface area contributed by atoms with E-state index in [0.717, 1.165) is 16.7 Å². The Balaban J connectivity index is 0.00000116. The topological polar surface area (TPSA) is 68.1 Å². The van der Waals surface area contributed by atoms with Crippen LogP contribution in [0.1, 0.15) is 23.6 Å². The number of aryl methyl sites for hydroxylation is 2. The minimum absolute atomic E-state index is 0.309. The fourth-order valence-corrected chi connectivity index (χ4v) is 2.34. The Hall–Kier alpha value is -1.59. The zero-order valence-electron chi connectivity index (χ0n) is 13.3. The van der Waals surface area contributed by atoms with E-state index in [1.54, 1.807) is 6.92 Å². The van der Waals surface area contributed by atoms with Gasteiger partial charge in [0.15, 0.2) is 11.9 Å². The van der Waals surface area contributed by atoms with Crippen molar-refractivity contribution in [1.82, 2.24) is 0 Å². The van der Waals surface area contributed by atoms with Crippen molar-refractivity contribution >= 4 is 17.1 Å². The van der Waals surface area contributed by atoms with Crippen molar-refractivity contribution in [3.63, 3.8) is 0 Å². The van der Waals surface area contributed by atoms with Gasteiger partial charge in [-0.2, -0.15) is 0 Å². The molecule has 1 aliphatic heterocycles. The number of hydrogen-bond acceptors (Lipinski definition) is 5. The number of benzene rings is 1. The van der Waals surface area contributed by atoms with Crippen LogP contribution in [0.3, 0.4) is 0 Å². The van der Waals surface area contributed by atoms with Crippen molar-refractivity contribution in [2.75, 3.05) is 7.11 Å². The molecule has 0 fully saturated rings. The number of esters is 1. The van der Waals surface area contributed by atoms with Gasteiger partial charge in [-0.05, 0) is 37.5 Å². The summed E-state index contributed by atoms with van der Waals surface area (Å²) in [7, 11) is 1.34. The Kier molecular flexibility index (Phi) is 6.84. The molecule has 0 spiro atoms. The fourth-order valence-electron chi connectivity index (χ4n) is 2.34. The SMILES string of the molecule is COC(=O)C1N=C(Cc2cc(C)c(O)c(C)c2)OC1C.[CH2]=[V]. The second-order valence-electron chi connectivity index (χ2n) is 5.07. The predicted octanol–water partition coefficient (Wildman–Crippen LogP) is 1.88. The van der Waals surface area contributed by atoms with Crippen molar-refractivity contribution < 1.29 is 36.4 Å². The second kappa shape index (κ2) is 8.15. The Bertz CT molecular complexity index is 563. The summed E-state index contributed by atoms with van der Waals surface area (Å²) in [5.74, 6) is 0.451. The molecule has 22 heavy (non-hydrogen) atoms. The molecule has 5 nitrogen and oxygen atoms in total. The normalized spacial score (nSPS) is 19.5. The van der Waals surface area contributed by atoms with Crippen molar-refractivity contribution in [1.29, 1.82) is 0 Å². The molecule has 2 unspecified atom stereocenters. The molecular weight excluding hydrogens is 321 g/mol. The Morgan fingerprint density at radius 2 is 1.95 bits per heavy atom. The van der Waals surface area contributed by atoms with Crippen LogP contribution in [0.15, 0.2) is 17.1 Å². The summed E-state index contributed by atoms with van der Waals surface area (Å²) in [4.78, 5) is 15.8. The second-order valence-corrected chi connectivity index (χ2v) is 5.07. The molecule has 0 aliphatic carbocycles. The van der Waals surface area contributed by atoms with Gasteiger partial charge in [0.1, 0.15) is 11.9 Å². The molecule has 0 bridgehead atoms. The van der Waals surface area contributed by atoms with Crippen LogP contribution in [-0.2, 0) is 37.7 Å². The van der Waals surface area contributed by atoms with E-state index in [0.29, 0.717) is 18.1 Å². The molecule has 2 atom stereocenters. The first-order valence-electron chi connectivity index (χ1n) is 6.84. The standard InChI is InChI=1S/C15H19NO4.CH2.V/c1-8-5-11(6-9(2)14(8)17)7-12-16-13(10(3)20-12)15(18)19-4;;/h5-6,10,13,17H,7H2,1-4H3;1H2;. The van der Waals surface area contributed by atoms with E-state index in [1.165, 1.54) is 7.11 Å². The Morgan fingerprint density at radius 1 is 1.41 bits per heavy atom. The van der Waals surface area contributed by atoms with E-state index in [-0.39, 0.29) is 12.1 Å². The van der Waals surface area contributed by atoms with Crippen LogP contribution < -0.4 is 0 Å². The summed E-state index contributed by atoms with van der Waals surface area (Å²) in [6.45, 7) is 5.50. The molecule has 1 aromatic carbocycles. The van der Waals surface area contributed by atoms with Crippen LogP contribution in [-0.4, -0.2) is 41.5 Å². The van der Waals surface area contributed by atoms with Crippen LogP contribution in [0.25, 0.3) is 0 Å². The molecule has 1 aromatic rings. The number of nitrogens with zero attached hydrogens (tertiary/aromatic N) is 1. The van der Waals surface area contributed by atoms with Gasteiger partial charge >= 0.3 is 28.2 Å². The average Bonchev–Trinajstić information content (AvgIpc) is 2.86. The third kappa shape index (κ3) is 4.21. The fraction of sp³-hybridized carbons (Fsp3) is 0.438. The number of methoxy groups -OCH3 is 1. The summed E-state index contributed by atoms with van der Waals surface area (Å²) < 4.78 is 10.3. The summed E-state index contributed by atoms with van der Waals surface area (Å²) >= 11 is 2.06. The van der Waals surface area contributed by atoms with Gasteiger partial charge in [0.05, 0.1) is 7.11 Å². The van der Waals surface area contributed by atoms with Gasteiger partial charge in [-0.3, -0.25) is 0 Å². The van der Waals surface area contributed by atoms with Crippen LogP contribution >= 0.6 is 0 Å². The molecule has 6 heteroatoms. The molecule has 0 amide bonds. The zero-order chi connectivity index (χ0) is 16.9. The number of ether oxygens (including phenoxy) is 2. The number of carbonyl (C=O) groups excluding carboxylic acids is 1. The van der Waals surface area contributed by atoms with E-state index in [4.69, 9.17) is 9.47 Å². The van der Waals surface area contributed by atoms with Gasteiger partial charge in [-0.15, -0.1) is 0 Å². The van der Waals surface area contributed by atoms with E-state index in [2.05, 4.69) is 27.2 Å². The molecule has 1 heterocycles. The number of phenolic OH excluding ortho intramolecular Hbond substituents is 1. The van der Waals surface area contributed by atoms with Crippen LogP contribution in [0.5, 0.6) is 5.75 Å². The number of phenols is 1. The van der Waals surface area contributed by atoms with Gasteiger partial charge in [0.2, 0.25) is 0 Å². The summed E-state index contributed by atoms with van der Waals surface area (Å²) in [5, 5.41) is 12.9. The molecule has 0 aromatic heterocycles. The predicted molar refractivity (Wildman–Crippen MR) is 82.2 cm³/mol. The number of carbonyl (C=O) groups is 1. The Labute approximate surface area is 139 Å². The van der Waals surface area contributed by atoms with Gasteiger partial charge < -0.3 is 14.6 Å². The molecule has 1 N–H and O–H groups in total. The van der Waals surface area contributed by atoms with Crippen LogP contribution in [0.2, 0.25) is 0 Å². The van der Waals surface area contributed by atoms with E-state index in [1.807, 2.05) is 26.0 Å². The summed E-state index contributed by atoms with van der Waals surface area (Å²) in [5.41, 5.74) is 2.63. The minimum atomic E-state index is -0.589. The Morgan fingerprint density at radius 3 is 2.45 bits per heavy atom. The third-order valence-electron chi connectivity index (χ3n) is 3.40. The zero-order valence-corrected chi connectivity index (χ0v) is 14.7. The maximum absolute atomic E-state index is 11.5. The van der Waals surface area contributed by atoms with Crippen LogP contribution in [0.4, 0.5) is 0 Å². The molecule has 0 radical (unpaired) electrons. The van der Waals surface area contributed by atoms with Crippen molar-refractivity contribution in [3.8, 4) is 5.75 Å². The van der Waals surface area contributed by atoms with Crippen molar-refractivity contribution in [2.45, 2.75) is 39.3 Å². The number of hydrogen-bond donors (Lipinski definition) is 1. The van der Waals surface area contributed by atoms with E-state index >= 15 is 0 Å². The van der Waals surface area contributed by atoms with Gasteiger partial charge in [-0.1, -0.05) is 12.1 Å². The number of aromatic hydroxyl groups is 1. The average molecular weight is 342 g/mol. The number of aliphatic imine (C=N–C) groups is 1. The maximum atomic E-state index is 11.5. The van der Waals surface area contributed by atoms with Gasteiger partial charge in [-0.25, -0.2) is 9.79 Å². The molecular formula is C16H21NO4V. The monoisotopic (exact) mass is 342 g/mol. The van der Waals surface area contributed by atoms with Crippen molar-refractivity contribution in [3.05, 3.63) is 28.8 Å². The van der Waals surface area contributed by atoms with Gasteiger partial charge in [0, 0.05) is 6.42 Å². The number of rotatable bonds is 3. The molecule has 0 saturated heterocycles. The van der Waals surface area contributed by atoms with Gasteiger partial charge in [0.25, 0.3) is 0 Å². The third-order valence-corrected chi connectivity index (χ3v) is 3.40. The molecule has 0 saturated carbocycles.